The lowest BCUT2D eigenvalue weighted by Crippen LogP contribution is -2.34. The van der Waals surface area contributed by atoms with Crippen molar-refractivity contribution in [3.63, 3.8) is 0 Å². The van der Waals surface area contributed by atoms with Crippen LogP contribution in [0.3, 0.4) is 0 Å². The molecule has 0 spiro atoms. The van der Waals surface area contributed by atoms with E-state index in [1.807, 2.05) is 12.1 Å². The average molecular weight is 282 g/mol. The van der Waals surface area contributed by atoms with Crippen LogP contribution in [-0.2, 0) is 0 Å². The molecule has 1 aliphatic carbocycles. The number of benzene rings is 1. The van der Waals surface area contributed by atoms with Crippen molar-refractivity contribution in [3.05, 3.63) is 28.8 Å². The van der Waals surface area contributed by atoms with Gasteiger partial charge >= 0.3 is 0 Å². The number of nitrogens with zero attached hydrogens (tertiary/aromatic N) is 2. The third-order valence-electron chi connectivity index (χ3n) is 3.76. The third-order valence-corrected chi connectivity index (χ3v) is 3.99. The molecule has 3 N–H and O–H groups in total. The molecule has 4 nitrogen and oxygen atoms in total. The molecule has 5 heteroatoms. The summed E-state index contributed by atoms with van der Waals surface area (Å²) in [7, 11) is 0. The van der Waals surface area contributed by atoms with Crippen LogP contribution in [-0.4, -0.2) is 23.6 Å². The molecule has 0 aliphatic heterocycles. The Bertz CT molecular complexity index is 470. The lowest BCUT2D eigenvalue weighted by atomic mass is 10.1. The summed E-state index contributed by atoms with van der Waals surface area (Å²) < 4.78 is 0. The summed E-state index contributed by atoms with van der Waals surface area (Å²) in [6.45, 7) is 3.03. The highest BCUT2D eigenvalue weighted by Crippen LogP contribution is 2.31. The quantitative estimate of drug-likeness (QED) is 0.386. The maximum Gasteiger partial charge on any atom is 0.172 e. The minimum Gasteiger partial charge on any atom is -0.409 e. The lowest BCUT2D eigenvalue weighted by Gasteiger charge is -2.31. The van der Waals surface area contributed by atoms with Crippen molar-refractivity contribution >= 4 is 23.1 Å². The maximum atomic E-state index is 8.92. The molecule has 0 unspecified atom stereocenters. The van der Waals surface area contributed by atoms with E-state index in [1.54, 1.807) is 6.07 Å². The Hall–Kier alpha value is -1.42. The minimum atomic E-state index is 0.106. The Morgan fingerprint density at radius 2 is 2.16 bits per heavy atom. The molecule has 0 heterocycles. The summed E-state index contributed by atoms with van der Waals surface area (Å²) >= 11 is 6.01. The first-order chi connectivity index (χ1) is 9.17. The molecule has 1 saturated carbocycles. The van der Waals surface area contributed by atoms with Crippen LogP contribution < -0.4 is 10.6 Å². The van der Waals surface area contributed by atoms with Crippen molar-refractivity contribution < 1.29 is 5.21 Å². The van der Waals surface area contributed by atoms with Gasteiger partial charge in [0.15, 0.2) is 5.84 Å². The number of anilines is 1. The second-order valence-electron chi connectivity index (χ2n) is 4.87. The van der Waals surface area contributed by atoms with Gasteiger partial charge in [0.2, 0.25) is 0 Å². The van der Waals surface area contributed by atoms with Crippen LogP contribution in [0.2, 0.25) is 5.02 Å². The van der Waals surface area contributed by atoms with Gasteiger partial charge in [-0.3, -0.25) is 0 Å². The molecule has 0 amide bonds. The Kier molecular flexibility index (Phi) is 4.53. The molecular formula is C14H20ClN3O. The van der Waals surface area contributed by atoms with Gasteiger partial charge in [-0.25, -0.2) is 0 Å². The molecule has 1 aromatic rings. The first-order valence-corrected chi connectivity index (χ1v) is 7.09. The van der Waals surface area contributed by atoms with Gasteiger partial charge in [0.25, 0.3) is 0 Å². The summed E-state index contributed by atoms with van der Waals surface area (Å²) in [6.07, 6.45) is 4.94. The van der Waals surface area contributed by atoms with Gasteiger partial charge in [-0.05, 0) is 38.0 Å². The molecule has 0 saturated heterocycles. The summed E-state index contributed by atoms with van der Waals surface area (Å²) in [6, 6.07) is 6.10. The summed E-state index contributed by atoms with van der Waals surface area (Å²) in [4.78, 5) is 2.33. The van der Waals surface area contributed by atoms with Crippen molar-refractivity contribution in [3.8, 4) is 0 Å². The van der Waals surface area contributed by atoms with Gasteiger partial charge in [0.05, 0.1) is 0 Å². The number of nitrogens with two attached hydrogens (primary N) is 1. The number of rotatable bonds is 4. The van der Waals surface area contributed by atoms with Crippen LogP contribution in [0.25, 0.3) is 0 Å². The molecule has 1 aliphatic rings. The van der Waals surface area contributed by atoms with Crippen LogP contribution in [0.1, 0.15) is 38.2 Å². The van der Waals surface area contributed by atoms with Crippen LogP contribution in [0.15, 0.2) is 23.4 Å². The van der Waals surface area contributed by atoms with E-state index in [1.165, 1.54) is 25.7 Å². The first-order valence-electron chi connectivity index (χ1n) is 6.71. The second kappa shape index (κ2) is 6.15. The number of hydrogen-bond donors (Lipinski definition) is 2. The monoisotopic (exact) mass is 281 g/mol. The van der Waals surface area contributed by atoms with Crippen LogP contribution >= 0.6 is 11.6 Å². The fourth-order valence-corrected chi connectivity index (χ4v) is 3.03. The maximum absolute atomic E-state index is 8.92. The normalized spacial score (nSPS) is 16.8. The van der Waals surface area contributed by atoms with Gasteiger partial charge in [-0.1, -0.05) is 29.6 Å². The highest BCUT2D eigenvalue weighted by atomic mass is 35.5. The number of hydrogen-bond acceptors (Lipinski definition) is 3. The lowest BCUT2D eigenvalue weighted by molar-refractivity contribution is 0.318. The van der Waals surface area contributed by atoms with E-state index < -0.39 is 0 Å². The zero-order chi connectivity index (χ0) is 13.8. The standard InChI is InChI=1S/C14H20ClN3O/c1-2-18(11-5-3-4-6-11)13-8-7-10(15)9-12(13)14(16)17-19/h7-9,11,19H,2-6H2,1H3,(H2,16,17). The second-order valence-corrected chi connectivity index (χ2v) is 5.31. The van der Waals surface area contributed by atoms with Gasteiger partial charge in [0, 0.05) is 28.9 Å². The summed E-state index contributed by atoms with van der Waals surface area (Å²) in [5.74, 6) is 0.106. The Morgan fingerprint density at radius 3 is 2.74 bits per heavy atom. The molecule has 0 atom stereocenters. The molecule has 2 rings (SSSR count). The predicted molar refractivity (Wildman–Crippen MR) is 79.2 cm³/mol. The van der Waals surface area contributed by atoms with E-state index in [0.717, 1.165) is 12.2 Å². The third kappa shape index (κ3) is 2.95. The molecule has 19 heavy (non-hydrogen) atoms. The minimum absolute atomic E-state index is 0.106. The molecule has 104 valence electrons. The molecule has 1 fully saturated rings. The fourth-order valence-electron chi connectivity index (χ4n) is 2.86. The number of oxime groups is 1. The van der Waals surface area contributed by atoms with Crippen molar-refractivity contribution in [2.75, 3.05) is 11.4 Å². The fraction of sp³-hybridized carbons (Fsp3) is 0.500. The molecular weight excluding hydrogens is 262 g/mol. The van der Waals surface area contributed by atoms with E-state index in [2.05, 4.69) is 17.0 Å². The predicted octanol–water partition coefficient (Wildman–Crippen LogP) is 3.20. The Balaban J connectivity index is 2.41. The zero-order valence-corrected chi connectivity index (χ0v) is 11.9. The largest absolute Gasteiger partial charge is 0.409 e. The van der Waals surface area contributed by atoms with E-state index in [4.69, 9.17) is 22.5 Å². The van der Waals surface area contributed by atoms with Gasteiger partial charge in [0.1, 0.15) is 0 Å². The van der Waals surface area contributed by atoms with E-state index in [-0.39, 0.29) is 5.84 Å². The van der Waals surface area contributed by atoms with Crippen LogP contribution in [0.4, 0.5) is 5.69 Å². The molecule has 0 aromatic heterocycles. The van der Waals surface area contributed by atoms with Gasteiger partial charge in [-0.15, -0.1) is 0 Å². The van der Waals surface area contributed by atoms with E-state index >= 15 is 0 Å². The summed E-state index contributed by atoms with van der Waals surface area (Å²) in [5.41, 5.74) is 7.46. The topological polar surface area (TPSA) is 61.8 Å². The van der Waals surface area contributed by atoms with Crippen LogP contribution in [0.5, 0.6) is 0 Å². The van der Waals surface area contributed by atoms with Crippen LogP contribution in [0, 0.1) is 0 Å². The smallest absolute Gasteiger partial charge is 0.172 e. The Morgan fingerprint density at radius 1 is 1.47 bits per heavy atom. The number of halogens is 1. The molecule has 0 bridgehead atoms. The number of amidine groups is 1. The highest BCUT2D eigenvalue weighted by molar-refractivity contribution is 6.31. The van der Waals surface area contributed by atoms with Gasteiger partial charge < -0.3 is 15.8 Å². The zero-order valence-electron chi connectivity index (χ0n) is 11.1. The van der Waals surface area contributed by atoms with E-state index in [0.29, 0.717) is 16.6 Å². The van der Waals surface area contributed by atoms with Crippen molar-refractivity contribution in [1.82, 2.24) is 0 Å². The molecule has 0 radical (unpaired) electrons. The highest BCUT2D eigenvalue weighted by Gasteiger charge is 2.24. The van der Waals surface area contributed by atoms with Crippen molar-refractivity contribution in [1.29, 1.82) is 0 Å². The average Bonchev–Trinajstić information content (AvgIpc) is 2.94. The van der Waals surface area contributed by atoms with Crippen molar-refractivity contribution in [2.45, 2.75) is 38.6 Å². The Labute approximate surface area is 118 Å². The van der Waals surface area contributed by atoms with Gasteiger partial charge in [-0.2, -0.15) is 0 Å². The first kappa shape index (κ1) is 14.0. The SMILES string of the molecule is CCN(c1ccc(Cl)cc1C(N)=NO)C1CCCC1. The summed E-state index contributed by atoms with van der Waals surface area (Å²) in [5, 5.41) is 12.6. The van der Waals surface area contributed by atoms with E-state index in [9.17, 15) is 0 Å². The van der Waals surface area contributed by atoms with Crippen molar-refractivity contribution in [2.24, 2.45) is 10.9 Å². The molecule has 1 aromatic carbocycles.